The zero-order valence-electron chi connectivity index (χ0n) is 16.6. The third-order valence-corrected chi connectivity index (χ3v) is 6.30. The van der Waals surface area contributed by atoms with Gasteiger partial charge in [-0.25, -0.2) is 5.01 Å². The molecule has 31 heavy (non-hydrogen) atoms. The van der Waals surface area contributed by atoms with Gasteiger partial charge in [0.05, 0.1) is 33.7 Å². The predicted octanol–water partition coefficient (Wildman–Crippen LogP) is 5.00. The van der Waals surface area contributed by atoms with E-state index in [1.54, 1.807) is 23.3 Å². The van der Waals surface area contributed by atoms with Crippen molar-refractivity contribution in [2.45, 2.75) is 25.6 Å². The van der Waals surface area contributed by atoms with E-state index in [-0.39, 0.29) is 35.4 Å². The number of thiophene rings is 1. The van der Waals surface area contributed by atoms with E-state index in [9.17, 15) is 15.2 Å². The van der Waals surface area contributed by atoms with E-state index in [0.717, 1.165) is 16.2 Å². The average molecular weight is 437 g/mol. The lowest BCUT2D eigenvalue weighted by Gasteiger charge is -2.38. The monoisotopic (exact) mass is 437 g/mol. The minimum Gasteiger partial charge on any atom is -0.504 e. The first-order valence-corrected chi connectivity index (χ1v) is 10.7. The molecule has 0 saturated carbocycles. The zero-order valence-corrected chi connectivity index (χ0v) is 17.4. The van der Waals surface area contributed by atoms with Gasteiger partial charge in [0.1, 0.15) is 5.75 Å². The van der Waals surface area contributed by atoms with E-state index in [1.165, 1.54) is 12.1 Å². The number of para-hydroxylation sites is 1. The molecule has 0 fully saturated rings. The number of nitro groups is 1. The maximum Gasteiger partial charge on any atom is 0.323 e. The fourth-order valence-electron chi connectivity index (χ4n) is 4.08. The van der Waals surface area contributed by atoms with Gasteiger partial charge in [-0.2, -0.15) is 5.10 Å². The van der Waals surface area contributed by atoms with Gasteiger partial charge in [-0.1, -0.05) is 24.3 Å². The SMILES string of the molecule is CCOc1c(O)ccc([C@H]2Oc3ccccc3[C@@H]3CC(c4cccs4)=NN23)c1[N+](=O)[O-]. The van der Waals surface area contributed by atoms with Gasteiger partial charge in [0.2, 0.25) is 12.0 Å². The van der Waals surface area contributed by atoms with Gasteiger partial charge in [0.25, 0.3) is 0 Å². The van der Waals surface area contributed by atoms with Crippen LogP contribution in [0.2, 0.25) is 0 Å². The molecule has 1 aromatic heterocycles. The van der Waals surface area contributed by atoms with Crippen LogP contribution in [-0.4, -0.2) is 27.4 Å². The molecular weight excluding hydrogens is 418 g/mol. The molecule has 8 nitrogen and oxygen atoms in total. The molecule has 0 amide bonds. The Labute approximate surface area is 182 Å². The van der Waals surface area contributed by atoms with Crippen molar-refractivity contribution in [2.24, 2.45) is 5.10 Å². The number of nitrogens with zero attached hydrogens (tertiary/aromatic N) is 3. The number of rotatable bonds is 5. The quantitative estimate of drug-likeness (QED) is 0.445. The molecule has 1 N–H and O–H groups in total. The van der Waals surface area contributed by atoms with Gasteiger partial charge in [-0.3, -0.25) is 10.1 Å². The van der Waals surface area contributed by atoms with Crippen molar-refractivity contribution >= 4 is 22.7 Å². The first-order valence-electron chi connectivity index (χ1n) is 9.86. The van der Waals surface area contributed by atoms with Crippen LogP contribution in [0.15, 0.2) is 59.0 Å². The molecule has 0 radical (unpaired) electrons. The van der Waals surface area contributed by atoms with Gasteiger partial charge in [-0.15, -0.1) is 11.3 Å². The summed E-state index contributed by atoms with van der Waals surface area (Å²) in [4.78, 5) is 12.5. The van der Waals surface area contributed by atoms with Gasteiger partial charge >= 0.3 is 5.69 Å². The van der Waals surface area contributed by atoms with Crippen molar-refractivity contribution in [3.63, 3.8) is 0 Å². The molecule has 3 heterocycles. The van der Waals surface area contributed by atoms with Crippen LogP contribution in [0.4, 0.5) is 5.69 Å². The van der Waals surface area contributed by atoms with Crippen molar-refractivity contribution in [1.82, 2.24) is 5.01 Å². The number of fused-ring (bicyclic) bond motifs is 3. The summed E-state index contributed by atoms with van der Waals surface area (Å²) in [5.41, 5.74) is 1.86. The van der Waals surface area contributed by atoms with E-state index in [0.29, 0.717) is 12.2 Å². The number of phenols is 1. The summed E-state index contributed by atoms with van der Waals surface area (Å²) in [5, 5.41) is 30.8. The molecule has 0 unspecified atom stereocenters. The van der Waals surface area contributed by atoms with Crippen molar-refractivity contribution in [1.29, 1.82) is 0 Å². The molecule has 158 valence electrons. The number of hydrogen-bond acceptors (Lipinski definition) is 8. The van der Waals surface area contributed by atoms with Gasteiger partial charge in [0, 0.05) is 12.0 Å². The third-order valence-electron chi connectivity index (χ3n) is 5.38. The summed E-state index contributed by atoms with van der Waals surface area (Å²) in [7, 11) is 0. The van der Waals surface area contributed by atoms with Crippen molar-refractivity contribution in [3.8, 4) is 17.2 Å². The number of nitro benzene ring substituents is 1. The van der Waals surface area contributed by atoms with E-state index in [2.05, 4.69) is 0 Å². The van der Waals surface area contributed by atoms with Crippen LogP contribution in [0.5, 0.6) is 17.2 Å². The minimum absolute atomic E-state index is 0.115. The molecule has 3 aromatic rings. The van der Waals surface area contributed by atoms with Crippen LogP contribution in [0.3, 0.4) is 0 Å². The number of benzene rings is 2. The summed E-state index contributed by atoms with van der Waals surface area (Å²) in [6.07, 6.45) is -0.167. The third kappa shape index (κ3) is 3.17. The van der Waals surface area contributed by atoms with Crippen LogP contribution < -0.4 is 9.47 Å². The largest absolute Gasteiger partial charge is 0.504 e. The molecule has 2 atom stereocenters. The lowest BCUT2D eigenvalue weighted by Crippen LogP contribution is -2.34. The summed E-state index contributed by atoms with van der Waals surface area (Å²) >= 11 is 1.60. The highest BCUT2D eigenvalue weighted by Crippen LogP contribution is 2.51. The highest BCUT2D eigenvalue weighted by atomic mass is 32.1. The number of ether oxygens (including phenoxy) is 2. The number of aromatic hydroxyl groups is 1. The fourth-order valence-corrected chi connectivity index (χ4v) is 4.80. The van der Waals surface area contributed by atoms with Gasteiger partial charge < -0.3 is 14.6 Å². The maximum atomic E-state index is 12.0. The van der Waals surface area contributed by atoms with Crippen molar-refractivity contribution in [3.05, 3.63) is 80.0 Å². The maximum absolute atomic E-state index is 12.0. The van der Waals surface area contributed by atoms with Crippen LogP contribution in [0.25, 0.3) is 0 Å². The second-order valence-electron chi connectivity index (χ2n) is 7.17. The van der Waals surface area contributed by atoms with E-state index >= 15 is 0 Å². The molecule has 9 heteroatoms. The molecule has 0 aliphatic carbocycles. The first-order chi connectivity index (χ1) is 15.1. The van der Waals surface area contributed by atoms with Crippen LogP contribution in [-0.2, 0) is 0 Å². The zero-order chi connectivity index (χ0) is 21.5. The smallest absolute Gasteiger partial charge is 0.323 e. The Balaban J connectivity index is 1.67. The Kier molecular flexibility index (Phi) is 4.74. The Hall–Kier alpha value is -3.59. The first kappa shape index (κ1) is 19.4. The molecule has 2 aromatic carbocycles. The molecule has 5 rings (SSSR count). The highest BCUT2D eigenvalue weighted by Gasteiger charge is 2.44. The van der Waals surface area contributed by atoms with E-state index in [4.69, 9.17) is 14.6 Å². The fraction of sp³-hybridized carbons (Fsp3) is 0.227. The lowest BCUT2D eigenvalue weighted by molar-refractivity contribution is -0.387. The Morgan fingerprint density at radius 1 is 1.26 bits per heavy atom. The van der Waals surface area contributed by atoms with Gasteiger partial charge in [-0.05, 0) is 36.6 Å². The molecular formula is C22H19N3O5S. The average Bonchev–Trinajstić information content (AvgIpc) is 3.44. The second kappa shape index (κ2) is 7.59. The minimum atomic E-state index is -0.836. The van der Waals surface area contributed by atoms with Crippen molar-refractivity contribution < 1.29 is 19.5 Å². The summed E-state index contributed by atoms with van der Waals surface area (Å²) < 4.78 is 11.7. The molecule has 2 aliphatic heterocycles. The molecule has 0 spiro atoms. The van der Waals surface area contributed by atoms with E-state index in [1.807, 2.05) is 41.8 Å². The number of phenolic OH excluding ortho intramolecular Hbond substituents is 1. The van der Waals surface area contributed by atoms with Crippen molar-refractivity contribution in [2.75, 3.05) is 6.61 Å². The van der Waals surface area contributed by atoms with Gasteiger partial charge in [0.15, 0.2) is 5.75 Å². The summed E-state index contributed by atoms with van der Waals surface area (Å²) in [5.74, 6) is 0.219. The standard InChI is InChI=1S/C22H19N3O5S/c1-2-29-21-17(26)10-9-14(20(21)25(27)28)22-24-16(13-6-3-4-7-18(13)30-22)12-15(23-24)19-8-5-11-31-19/h3-11,16,22,26H,2,12H2,1H3/t16-,22+/m0/s1. The van der Waals surface area contributed by atoms with Crippen LogP contribution >= 0.6 is 11.3 Å². The Morgan fingerprint density at radius 3 is 2.84 bits per heavy atom. The number of hydrazone groups is 1. The van der Waals surface area contributed by atoms with Crippen LogP contribution in [0, 0.1) is 10.1 Å². The Bertz CT molecular complexity index is 1180. The summed E-state index contributed by atoms with van der Waals surface area (Å²) in [6, 6.07) is 14.4. The molecule has 2 aliphatic rings. The van der Waals surface area contributed by atoms with E-state index < -0.39 is 11.2 Å². The molecule has 0 bridgehead atoms. The van der Waals surface area contributed by atoms with Crippen LogP contribution in [0.1, 0.15) is 41.6 Å². The predicted molar refractivity (Wildman–Crippen MR) is 116 cm³/mol. The Morgan fingerprint density at radius 2 is 2.10 bits per heavy atom. The summed E-state index contributed by atoms with van der Waals surface area (Å²) in [6.45, 7) is 1.89. The molecule has 0 saturated heterocycles. The normalized spacial score (nSPS) is 19.3. The number of hydrogen-bond donors (Lipinski definition) is 1. The highest BCUT2D eigenvalue weighted by molar-refractivity contribution is 7.12. The lowest BCUT2D eigenvalue weighted by atomic mass is 9.97. The topological polar surface area (TPSA) is 97.4 Å². The second-order valence-corrected chi connectivity index (χ2v) is 8.12.